The van der Waals surface area contributed by atoms with Crippen molar-refractivity contribution in [1.29, 1.82) is 0 Å². The van der Waals surface area contributed by atoms with E-state index in [0.717, 1.165) is 41.7 Å². The SMILES string of the molecule is Cc1cc(Br)ccc1-c1ncc2c(n1)CCC(CN)C2. The number of hydrogen-bond donors (Lipinski definition) is 1. The Kier molecular flexibility index (Phi) is 3.85. The largest absolute Gasteiger partial charge is 0.330 e. The molecule has 104 valence electrons. The van der Waals surface area contributed by atoms with Crippen molar-refractivity contribution in [2.45, 2.75) is 26.2 Å². The summed E-state index contributed by atoms with van der Waals surface area (Å²) in [6.07, 6.45) is 5.16. The van der Waals surface area contributed by atoms with Gasteiger partial charge < -0.3 is 5.73 Å². The maximum absolute atomic E-state index is 5.77. The van der Waals surface area contributed by atoms with Crippen molar-refractivity contribution in [3.05, 3.63) is 45.7 Å². The number of nitrogens with zero attached hydrogens (tertiary/aromatic N) is 2. The van der Waals surface area contributed by atoms with Gasteiger partial charge >= 0.3 is 0 Å². The fourth-order valence-corrected chi connectivity index (χ4v) is 3.27. The molecule has 1 aliphatic rings. The van der Waals surface area contributed by atoms with Gasteiger partial charge in [-0.15, -0.1) is 0 Å². The molecule has 3 nitrogen and oxygen atoms in total. The van der Waals surface area contributed by atoms with Gasteiger partial charge in [0.2, 0.25) is 0 Å². The molecule has 0 bridgehead atoms. The summed E-state index contributed by atoms with van der Waals surface area (Å²) in [4.78, 5) is 9.33. The molecular formula is C16H18BrN3. The fourth-order valence-electron chi connectivity index (χ4n) is 2.79. The van der Waals surface area contributed by atoms with Crippen LogP contribution in [0.25, 0.3) is 11.4 Å². The molecule has 1 heterocycles. The third kappa shape index (κ3) is 2.63. The van der Waals surface area contributed by atoms with Crippen LogP contribution >= 0.6 is 15.9 Å². The van der Waals surface area contributed by atoms with Crippen LogP contribution in [0.1, 0.15) is 23.2 Å². The highest BCUT2D eigenvalue weighted by molar-refractivity contribution is 9.10. The summed E-state index contributed by atoms with van der Waals surface area (Å²) in [7, 11) is 0. The van der Waals surface area contributed by atoms with Crippen molar-refractivity contribution in [2.75, 3.05) is 6.54 Å². The van der Waals surface area contributed by atoms with Gasteiger partial charge in [0.15, 0.2) is 5.82 Å². The predicted molar refractivity (Wildman–Crippen MR) is 84.5 cm³/mol. The standard InChI is InChI=1S/C16H18BrN3/c1-10-6-13(17)3-4-14(10)16-19-9-12-7-11(8-18)2-5-15(12)20-16/h3-4,6,9,11H,2,5,7-8,18H2,1H3. The fraction of sp³-hybridized carbons (Fsp3) is 0.375. The Balaban J connectivity index is 1.97. The van der Waals surface area contributed by atoms with E-state index >= 15 is 0 Å². The van der Waals surface area contributed by atoms with E-state index in [1.807, 2.05) is 12.3 Å². The smallest absolute Gasteiger partial charge is 0.159 e. The van der Waals surface area contributed by atoms with Crippen LogP contribution in [0.3, 0.4) is 0 Å². The summed E-state index contributed by atoms with van der Waals surface area (Å²) in [5.74, 6) is 1.42. The first-order valence-electron chi connectivity index (χ1n) is 6.98. The number of nitrogens with two attached hydrogens (primary N) is 1. The molecule has 0 spiro atoms. The van der Waals surface area contributed by atoms with Crippen LogP contribution in [0.2, 0.25) is 0 Å². The number of rotatable bonds is 2. The van der Waals surface area contributed by atoms with Crippen LogP contribution < -0.4 is 5.73 Å². The minimum absolute atomic E-state index is 0.589. The zero-order valence-corrected chi connectivity index (χ0v) is 13.2. The van der Waals surface area contributed by atoms with Crippen LogP contribution in [0.5, 0.6) is 0 Å². The van der Waals surface area contributed by atoms with Crippen molar-refractivity contribution >= 4 is 15.9 Å². The molecule has 4 heteroatoms. The van der Waals surface area contributed by atoms with Crippen molar-refractivity contribution < 1.29 is 0 Å². The van der Waals surface area contributed by atoms with Gasteiger partial charge in [0.05, 0.1) is 0 Å². The Morgan fingerprint density at radius 3 is 3.00 bits per heavy atom. The van der Waals surface area contributed by atoms with Crippen LogP contribution in [-0.4, -0.2) is 16.5 Å². The first-order valence-corrected chi connectivity index (χ1v) is 7.78. The van der Waals surface area contributed by atoms with E-state index in [1.54, 1.807) is 0 Å². The second kappa shape index (κ2) is 5.62. The summed E-state index contributed by atoms with van der Waals surface area (Å²) in [5.41, 5.74) is 10.5. The van der Waals surface area contributed by atoms with Gasteiger partial charge in [-0.05, 0) is 68.0 Å². The maximum Gasteiger partial charge on any atom is 0.159 e. The van der Waals surface area contributed by atoms with Crippen molar-refractivity contribution in [1.82, 2.24) is 9.97 Å². The normalized spacial score (nSPS) is 17.9. The highest BCUT2D eigenvalue weighted by Gasteiger charge is 2.20. The lowest BCUT2D eigenvalue weighted by Crippen LogP contribution is -2.23. The summed E-state index contributed by atoms with van der Waals surface area (Å²) < 4.78 is 1.09. The lowest BCUT2D eigenvalue weighted by molar-refractivity contribution is 0.462. The molecule has 0 radical (unpaired) electrons. The molecule has 1 atom stereocenters. The number of fused-ring (bicyclic) bond motifs is 1. The van der Waals surface area contributed by atoms with E-state index in [1.165, 1.54) is 16.8 Å². The van der Waals surface area contributed by atoms with Gasteiger partial charge in [-0.25, -0.2) is 9.97 Å². The second-order valence-corrected chi connectivity index (χ2v) is 6.38. The molecule has 20 heavy (non-hydrogen) atoms. The molecule has 1 aliphatic carbocycles. The van der Waals surface area contributed by atoms with E-state index in [2.05, 4.69) is 40.0 Å². The highest BCUT2D eigenvalue weighted by atomic mass is 79.9. The zero-order valence-electron chi connectivity index (χ0n) is 11.6. The molecule has 0 saturated heterocycles. The van der Waals surface area contributed by atoms with Gasteiger partial charge in [0, 0.05) is 21.9 Å². The minimum atomic E-state index is 0.589. The maximum atomic E-state index is 5.77. The van der Waals surface area contributed by atoms with Crippen LogP contribution in [-0.2, 0) is 12.8 Å². The molecule has 0 amide bonds. The molecule has 0 aliphatic heterocycles. The molecule has 0 saturated carbocycles. The van der Waals surface area contributed by atoms with Crippen molar-refractivity contribution in [3.8, 4) is 11.4 Å². The lowest BCUT2D eigenvalue weighted by atomic mass is 9.87. The molecule has 1 aromatic heterocycles. The van der Waals surface area contributed by atoms with E-state index in [4.69, 9.17) is 10.7 Å². The van der Waals surface area contributed by atoms with Crippen molar-refractivity contribution in [3.63, 3.8) is 0 Å². The lowest BCUT2D eigenvalue weighted by Gasteiger charge is -2.22. The first-order chi connectivity index (χ1) is 9.67. The molecular weight excluding hydrogens is 314 g/mol. The Labute approximate surface area is 127 Å². The topological polar surface area (TPSA) is 51.8 Å². The third-order valence-electron chi connectivity index (χ3n) is 4.01. The average molecular weight is 332 g/mol. The van der Waals surface area contributed by atoms with Crippen LogP contribution in [0, 0.1) is 12.8 Å². The Bertz CT molecular complexity index is 640. The van der Waals surface area contributed by atoms with Gasteiger partial charge in [0.1, 0.15) is 0 Å². The summed E-state index contributed by atoms with van der Waals surface area (Å²) in [6.45, 7) is 2.85. The summed E-state index contributed by atoms with van der Waals surface area (Å²) >= 11 is 3.49. The summed E-state index contributed by atoms with van der Waals surface area (Å²) in [6, 6.07) is 6.21. The second-order valence-electron chi connectivity index (χ2n) is 5.47. The number of benzene rings is 1. The first kappa shape index (κ1) is 13.7. The molecule has 2 N–H and O–H groups in total. The molecule has 1 unspecified atom stereocenters. The number of halogens is 1. The third-order valence-corrected chi connectivity index (χ3v) is 4.51. The quantitative estimate of drug-likeness (QED) is 0.918. The minimum Gasteiger partial charge on any atom is -0.330 e. The predicted octanol–water partition coefficient (Wildman–Crippen LogP) is 3.28. The van der Waals surface area contributed by atoms with Gasteiger partial charge in [-0.2, -0.15) is 0 Å². The summed E-state index contributed by atoms with van der Waals surface area (Å²) in [5, 5.41) is 0. The molecule has 0 fully saturated rings. The van der Waals surface area contributed by atoms with Crippen LogP contribution in [0.15, 0.2) is 28.9 Å². The molecule has 1 aromatic carbocycles. The van der Waals surface area contributed by atoms with E-state index in [0.29, 0.717) is 5.92 Å². The van der Waals surface area contributed by atoms with Gasteiger partial charge in [-0.1, -0.05) is 15.9 Å². The van der Waals surface area contributed by atoms with E-state index in [-0.39, 0.29) is 0 Å². The van der Waals surface area contributed by atoms with E-state index in [9.17, 15) is 0 Å². The Hall–Kier alpha value is -1.26. The van der Waals surface area contributed by atoms with Gasteiger partial charge in [-0.3, -0.25) is 0 Å². The number of aromatic nitrogens is 2. The molecule has 2 aromatic rings. The monoisotopic (exact) mass is 331 g/mol. The Morgan fingerprint density at radius 1 is 1.40 bits per heavy atom. The average Bonchev–Trinajstić information content (AvgIpc) is 2.46. The highest BCUT2D eigenvalue weighted by Crippen LogP contribution is 2.27. The van der Waals surface area contributed by atoms with Gasteiger partial charge in [0.25, 0.3) is 0 Å². The Morgan fingerprint density at radius 2 is 2.25 bits per heavy atom. The number of hydrogen-bond acceptors (Lipinski definition) is 3. The number of aryl methyl sites for hydroxylation is 2. The molecule has 3 rings (SSSR count). The van der Waals surface area contributed by atoms with Crippen LogP contribution in [0.4, 0.5) is 0 Å². The zero-order chi connectivity index (χ0) is 14.1. The van der Waals surface area contributed by atoms with Crippen molar-refractivity contribution in [2.24, 2.45) is 11.7 Å². The van der Waals surface area contributed by atoms with E-state index < -0.39 is 0 Å².